The molecule has 1 atom stereocenters. The van der Waals surface area contributed by atoms with Gasteiger partial charge in [-0.2, -0.15) is 0 Å². The Balaban J connectivity index is 2.06. The molecule has 1 fully saturated rings. The van der Waals surface area contributed by atoms with E-state index in [-0.39, 0.29) is 12.0 Å². The summed E-state index contributed by atoms with van der Waals surface area (Å²) < 4.78 is 41.6. The molecule has 0 spiro atoms. The third kappa shape index (κ3) is 5.76. The van der Waals surface area contributed by atoms with Crippen LogP contribution in [0, 0.1) is 29.4 Å². The standard InChI is InChI=1S/C25H39F3/c1-5-7-19(20-10-8-18(6-2)9-11-20)14-16-25(3,4)22-13-12-21(15-17-26)23(27)24(22)28/h12-13,18-20H,5-11,14-17H2,1-4H3. The largest absolute Gasteiger partial charge is 0.251 e. The van der Waals surface area contributed by atoms with Gasteiger partial charge in [-0.3, -0.25) is 4.39 Å². The molecule has 0 N–H and O–H groups in total. The molecule has 3 heteroatoms. The predicted octanol–water partition coefficient (Wildman–Crippen LogP) is 8.17. The molecule has 1 unspecified atom stereocenters. The van der Waals surface area contributed by atoms with Crippen molar-refractivity contribution in [1.82, 2.24) is 0 Å². The van der Waals surface area contributed by atoms with Crippen LogP contribution < -0.4 is 0 Å². The molecule has 1 aliphatic rings. The lowest BCUT2D eigenvalue weighted by Crippen LogP contribution is -2.26. The zero-order chi connectivity index (χ0) is 20.7. The SMILES string of the molecule is CCCC(CCC(C)(C)c1ccc(CCF)c(F)c1F)C1CCC(CC)CC1. The van der Waals surface area contributed by atoms with Gasteiger partial charge in [0.2, 0.25) is 0 Å². The van der Waals surface area contributed by atoms with Crippen LogP contribution in [0.4, 0.5) is 13.2 Å². The normalized spacial score (nSPS) is 21.7. The van der Waals surface area contributed by atoms with Crippen molar-refractivity contribution in [1.29, 1.82) is 0 Å². The van der Waals surface area contributed by atoms with E-state index in [0.29, 0.717) is 11.5 Å². The summed E-state index contributed by atoms with van der Waals surface area (Å²) in [5.74, 6) is 0.709. The van der Waals surface area contributed by atoms with E-state index in [4.69, 9.17) is 0 Å². The van der Waals surface area contributed by atoms with Crippen LogP contribution in [0.1, 0.15) is 96.6 Å². The average molecular weight is 397 g/mol. The summed E-state index contributed by atoms with van der Waals surface area (Å²) in [5.41, 5.74) is 0.139. The smallest absolute Gasteiger partial charge is 0.162 e. The van der Waals surface area contributed by atoms with Gasteiger partial charge in [0.25, 0.3) is 0 Å². The Bertz CT molecular complexity index is 600. The van der Waals surface area contributed by atoms with Crippen LogP contribution in [-0.4, -0.2) is 6.67 Å². The summed E-state index contributed by atoms with van der Waals surface area (Å²) in [5, 5.41) is 0. The van der Waals surface area contributed by atoms with Gasteiger partial charge in [-0.05, 0) is 60.0 Å². The van der Waals surface area contributed by atoms with E-state index in [0.717, 1.165) is 24.7 Å². The van der Waals surface area contributed by atoms with Crippen LogP contribution in [0.5, 0.6) is 0 Å². The summed E-state index contributed by atoms with van der Waals surface area (Å²) in [7, 11) is 0. The lowest BCUT2D eigenvalue weighted by atomic mass is 9.70. The molecule has 0 saturated heterocycles. The van der Waals surface area contributed by atoms with Crippen molar-refractivity contribution in [2.45, 2.75) is 97.3 Å². The molecule has 0 radical (unpaired) electrons. The van der Waals surface area contributed by atoms with Crippen molar-refractivity contribution in [2.24, 2.45) is 17.8 Å². The summed E-state index contributed by atoms with van der Waals surface area (Å²) in [6.45, 7) is 7.89. The number of alkyl halides is 1. The first kappa shape index (κ1) is 23.3. The first-order chi connectivity index (χ1) is 13.3. The molecule has 1 aromatic carbocycles. The minimum atomic E-state index is -0.869. The maximum atomic E-state index is 14.7. The fraction of sp³-hybridized carbons (Fsp3) is 0.760. The van der Waals surface area contributed by atoms with Gasteiger partial charge < -0.3 is 0 Å². The molecule has 0 nitrogen and oxygen atoms in total. The Morgan fingerprint density at radius 2 is 1.68 bits per heavy atom. The van der Waals surface area contributed by atoms with E-state index < -0.39 is 23.7 Å². The molecule has 1 aromatic rings. The first-order valence-electron chi connectivity index (χ1n) is 11.4. The Morgan fingerprint density at radius 3 is 2.25 bits per heavy atom. The summed E-state index contributed by atoms with van der Waals surface area (Å²) in [6.07, 6.45) is 10.9. The second kappa shape index (κ2) is 10.7. The van der Waals surface area contributed by atoms with Gasteiger partial charge in [0.05, 0.1) is 6.67 Å². The van der Waals surface area contributed by atoms with Gasteiger partial charge in [0.1, 0.15) is 0 Å². The van der Waals surface area contributed by atoms with Crippen molar-refractivity contribution in [2.75, 3.05) is 6.67 Å². The Kier molecular flexibility index (Phi) is 8.89. The van der Waals surface area contributed by atoms with Gasteiger partial charge >= 0.3 is 0 Å². The Morgan fingerprint density at radius 1 is 1.00 bits per heavy atom. The highest BCUT2D eigenvalue weighted by atomic mass is 19.2. The fourth-order valence-electron chi connectivity index (χ4n) is 5.14. The maximum Gasteiger partial charge on any atom is 0.162 e. The molecule has 160 valence electrons. The third-order valence-corrected chi connectivity index (χ3v) is 7.19. The molecule has 1 aliphatic carbocycles. The van der Waals surface area contributed by atoms with Gasteiger partial charge in [-0.15, -0.1) is 0 Å². The van der Waals surface area contributed by atoms with Crippen LogP contribution in [0.25, 0.3) is 0 Å². The summed E-state index contributed by atoms with van der Waals surface area (Å²) in [6, 6.07) is 3.23. The summed E-state index contributed by atoms with van der Waals surface area (Å²) in [4.78, 5) is 0. The van der Waals surface area contributed by atoms with E-state index in [1.54, 1.807) is 12.1 Å². The molecule has 0 aliphatic heterocycles. The highest BCUT2D eigenvalue weighted by Crippen LogP contribution is 2.41. The number of hydrogen-bond donors (Lipinski definition) is 0. The van der Waals surface area contributed by atoms with Crippen LogP contribution in [0.15, 0.2) is 12.1 Å². The van der Waals surface area contributed by atoms with Gasteiger partial charge in [0, 0.05) is 6.42 Å². The minimum Gasteiger partial charge on any atom is -0.251 e. The van der Waals surface area contributed by atoms with Crippen molar-refractivity contribution in [3.63, 3.8) is 0 Å². The van der Waals surface area contributed by atoms with Crippen molar-refractivity contribution < 1.29 is 13.2 Å². The van der Waals surface area contributed by atoms with E-state index in [1.165, 1.54) is 44.9 Å². The number of halogens is 3. The number of aryl methyl sites for hydroxylation is 1. The predicted molar refractivity (Wildman–Crippen MR) is 112 cm³/mol. The van der Waals surface area contributed by atoms with Gasteiger partial charge in [0.15, 0.2) is 11.6 Å². The van der Waals surface area contributed by atoms with Crippen LogP contribution in [-0.2, 0) is 11.8 Å². The quantitative estimate of drug-likeness (QED) is 0.374. The third-order valence-electron chi connectivity index (χ3n) is 7.19. The van der Waals surface area contributed by atoms with Crippen molar-refractivity contribution in [3.05, 3.63) is 34.9 Å². The Hall–Kier alpha value is -0.990. The highest BCUT2D eigenvalue weighted by molar-refractivity contribution is 5.31. The average Bonchev–Trinajstić information content (AvgIpc) is 2.69. The molecule has 0 bridgehead atoms. The van der Waals surface area contributed by atoms with Gasteiger partial charge in [-0.25, -0.2) is 8.78 Å². The van der Waals surface area contributed by atoms with Crippen LogP contribution in [0.2, 0.25) is 0 Å². The van der Waals surface area contributed by atoms with Crippen LogP contribution >= 0.6 is 0 Å². The lowest BCUT2D eigenvalue weighted by molar-refractivity contribution is 0.174. The van der Waals surface area contributed by atoms with E-state index in [9.17, 15) is 13.2 Å². The van der Waals surface area contributed by atoms with Gasteiger partial charge in [-0.1, -0.05) is 71.9 Å². The topological polar surface area (TPSA) is 0 Å². The van der Waals surface area contributed by atoms with Crippen LogP contribution in [0.3, 0.4) is 0 Å². The highest BCUT2D eigenvalue weighted by Gasteiger charge is 2.31. The Labute approximate surface area is 170 Å². The number of benzene rings is 1. The zero-order valence-corrected chi connectivity index (χ0v) is 18.3. The molecular weight excluding hydrogens is 357 g/mol. The second-order valence-electron chi connectivity index (χ2n) is 9.50. The monoisotopic (exact) mass is 396 g/mol. The minimum absolute atomic E-state index is 0.0670. The number of hydrogen-bond acceptors (Lipinski definition) is 0. The van der Waals surface area contributed by atoms with E-state index >= 15 is 0 Å². The van der Waals surface area contributed by atoms with Crippen molar-refractivity contribution >= 4 is 0 Å². The van der Waals surface area contributed by atoms with E-state index in [2.05, 4.69) is 13.8 Å². The first-order valence-corrected chi connectivity index (χ1v) is 11.4. The maximum absolute atomic E-state index is 14.7. The molecule has 0 amide bonds. The second-order valence-corrected chi connectivity index (χ2v) is 9.50. The summed E-state index contributed by atoms with van der Waals surface area (Å²) >= 11 is 0. The van der Waals surface area contributed by atoms with E-state index in [1.807, 2.05) is 13.8 Å². The molecule has 0 heterocycles. The molecule has 28 heavy (non-hydrogen) atoms. The lowest BCUT2D eigenvalue weighted by Gasteiger charge is -2.36. The molecule has 0 aromatic heterocycles. The molecule has 1 saturated carbocycles. The molecule has 2 rings (SSSR count). The number of rotatable bonds is 10. The zero-order valence-electron chi connectivity index (χ0n) is 18.3. The fourth-order valence-corrected chi connectivity index (χ4v) is 5.14. The van der Waals surface area contributed by atoms with Crippen molar-refractivity contribution in [3.8, 4) is 0 Å². The molecular formula is C25H39F3.